The Morgan fingerprint density at radius 2 is 1.13 bits per heavy atom. The Bertz CT molecular complexity index is 1270. The van der Waals surface area contributed by atoms with E-state index in [0.29, 0.717) is 5.82 Å². The van der Waals surface area contributed by atoms with Gasteiger partial charge in [0.25, 0.3) is 0 Å². The summed E-state index contributed by atoms with van der Waals surface area (Å²) in [4.78, 5) is 11.3. The first kappa shape index (κ1) is 18.8. The van der Waals surface area contributed by atoms with Crippen molar-refractivity contribution in [2.24, 2.45) is 0 Å². The summed E-state index contributed by atoms with van der Waals surface area (Å²) >= 11 is 0. The van der Waals surface area contributed by atoms with E-state index in [4.69, 9.17) is 0 Å². The van der Waals surface area contributed by atoms with Crippen LogP contribution < -0.4 is 4.90 Å². The minimum Gasteiger partial charge on any atom is -0.311 e. The molecule has 4 aromatic carbocycles. The molecule has 0 radical (unpaired) electrons. The van der Waals surface area contributed by atoms with Crippen molar-refractivity contribution in [1.82, 2.24) is 9.97 Å². The topological polar surface area (TPSA) is 29.0 Å². The highest BCUT2D eigenvalue weighted by Crippen LogP contribution is 2.34. The van der Waals surface area contributed by atoms with Crippen LogP contribution in [0.2, 0.25) is 0 Å². The summed E-state index contributed by atoms with van der Waals surface area (Å²) in [7, 11) is 0. The molecule has 0 N–H and O–H groups in total. The number of nitrogens with zero attached hydrogens (tertiary/aromatic N) is 3. The molecule has 0 atom stereocenters. The molecule has 0 spiro atoms. The lowest BCUT2D eigenvalue weighted by atomic mass is 10.1. The second-order valence-electron chi connectivity index (χ2n) is 7.22. The summed E-state index contributed by atoms with van der Waals surface area (Å²) in [6, 6.07) is 37.3. The van der Waals surface area contributed by atoms with E-state index in [1.54, 1.807) is 0 Å². The SMILES string of the molecule is C(=C\c1ncc2ccccc2n1)/c1ccc(N(c2ccccc2)c2ccccc2)cc1. The normalized spacial score (nSPS) is 11.1. The number of hydrogen-bond acceptors (Lipinski definition) is 3. The summed E-state index contributed by atoms with van der Waals surface area (Å²) in [5.41, 5.74) is 5.41. The molecule has 1 aromatic heterocycles. The second kappa shape index (κ2) is 8.64. The van der Waals surface area contributed by atoms with Crippen LogP contribution in [-0.4, -0.2) is 9.97 Å². The van der Waals surface area contributed by atoms with Crippen LogP contribution in [0.15, 0.2) is 115 Å². The molecule has 148 valence electrons. The van der Waals surface area contributed by atoms with E-state index >= 15 is 0 Å². The Hall–Kier alpha value is -4.24. The van der Waals surface area contributed by atoms with Gasteiger partial charge in [-0.3, -0.25) is 0 Å². The van der Waals surface area contributed by atoms with Crippen LogP contribution in [0.4, 0.5) is 17.1 Å². The molecule has 3 nitrogen and oxygen atoms in total. The molecule has 3 heteroatoms. The Morgan fingerprint density at radius 1 is 0.548 bits per heavy atom. The fraction of sp³-hybridized carbons (Fsp3) is 0. The molecule has 0 saturated heterocycles. The third-order valence-electron chi connectivity index (χ3n) is 5.11. The lowest BCUT2D eigenvalue weighted by Gasteiger charge is -2.25. The molecule has 1 heterocycles. The van der Waals surface area contributed by atoms with Crippen LogP contribution in [0.25, 0.3) is 23.1 Å². The van der Waals surface area contributed by atoms with Gasteiger partial charge in [-0.2, -0.15) is 0 Å². The van der Waals surface area contributed by atoms with E-state index in [0.717, 1.165) is 33.5 Å². The first-order chi connectivity index (χ1) is 15.4. The minimum atomic E-state index is 0.706. The van der Waals surface area contributed by atoms with Gasteiger partial charge in [-0.15, -0.1) is 0 Å². The van der Waals surface area contributed by atoms with Crippen molar-refractivity contribution >= 4 is 40.1 Å². The number of hydrogen-bond donors (Lipinski definition) is 0. The van der Waals surface area contributed by atoms with Gasteiger partial charge in [-0.1, -0.05) is 72.8 Å². The smallest absolute Gasteiger partial charge is 0.152 e. The van der Waals surface area contributed by atoms with Crippen molar-refractivity contribution in [2.75, 3.05) is 4.90 Å². The number of rotatable bonds is 5. The minimum absolute atomic E-state index is 0.706. The average Bonchev–Trinajstić information content (AvgIpc) is 2.85. The quantitative estimate of drug-likeness (QED) is 0.311. The fourth-order valence-corrected chi connectivity index (χ4v) is 3.57. The van der Waals surface area contributed by atoms with E-state index in [-0.39, 0.29) is 0 Å². The monoisotopic (exact) mass is 399 g/mol. The standard InChI is InChI=1S/C28H21N3/c1-3-10-24(11-4-1)31(25-12-5-2-6-13-25)26-18-15-22(16-19-26)17-20-28-29-21-23-9-7-8-14-27(23)30-28/h1-21H/b20-17+. The van der Waals surface area contributed by atoms with E-state index in [1.807, 2.05) is 54.7 Å². The maximum absolute atomic E-state index is 4.61. The van der Waals surface area contributed by atoms with Gasteiger partial charge < -0.3 is 4.90 Å². The highest BCUT2D eigenvalue weighted by Gasteiger charge is 2.11. The summed E-state index contributed by atoms with van der Waals surface area (Å²) in [6.07, 6.45) is 5.86. The summed E-state index contributed by atoms with van der Waals surface area (Å²) < 4.78 is 0. The summed E-state index contributed by atoms with van der Waals surface area (Å²) in [5, 5.41) is 1.05. The zero-order valence-corrected chi connectivity index (χ0v) is 17.0. The third-order valence-corrected chi connectivity index (χ3v) is 5.11. The molecule has 0 fully saturated rings. The largest absolute Gasteiger partial charge is 0.311 e. The van der Waals surface area contributed by atoms with Crippen molar-refractivity contribution in [2.45, 2.75) is 0 Å². The van der Waals surface area contributed by atoms with Crippen LogP contribution >= 0.6 is 0 Å². The predicted molar refractivity (Wildman–Crippen MR) is 130 cm³/mol. The van der Waals surface area contributed by atoms with Gasteiger partial charge in [0, 0.05) is 28.6 Å². The molecule has 31 heavy (non-hydrogen) atoms. The first-order valence-electron chi connectivity index (χ1n) is 10.3. The predicted octanol–water partition coefficient (Wildman–Crippen LogP) is 7.27. The summed E-state index contributed by atoms with van der Waals surface area (Å²) in [6.45, 7) is 0. The van der Waals surface area contributed by atoms with Gasteiger partial charge in [0.05, 0.1) is 5.52 Å². The highest BCUT2D eigenvalue weighted by molar-refractivity contribution is 5.80. The molecule has 5 rings (SSSR count). The molecule has 0 bridgehead atoms. The maximum atomic E-state index is 4.61. The van der Waals surface area contributed by atoms with Gasteiger partial charge in [-0.25, -0.2) is 9.97 Å². The van der Waals surface area contributed by atoms with Gasteiger partial charge >= 0.3 is 0 Å². The van der Waals surface area contributed by atoms with Crippen molar-refractivity contribution < 1.29 is 0 Å². The van der Waals surface area contributed by atoms with Crippen molar-refractivity contribution in [3.05, 3.63) is 127 Å². The van der Waals surface area contributed by atoms with Crippen molar-refractivity contribution in [3.63, 3.8) is 0 Å². The molecular weight excluding hydrogens is 378 g/mol. The molecular formula is C28H21N3. The van der Waals surface area contributed by atoms with Crippen LogP contribution in [0.3, 0.4) is 0 Å². The highest BCUT2D eigenvalue weighted by atomic mass is 15.1. The van der Waals surface area contributed by atoms with Crippen LogP contribution in [0.5, 0.6) is 0 Å². The Morgan fingerprint density at radius 3 is 1.81 bits per heavy atom. The average molecular weight is 399 g/mol. The molecule has 5 aromatic rings. The zero-order valence-electron chi connectivity index (χ0n) is 17.0. The van der Waals surface area contributed by atoms with E-state index < -0.39 is 0 Å². The van der Waals surface area contributed by atoms with E-state index in [2.05, 4.69) is 87.7 Å². The van der Waals surface area contributed by atoms with Crippen LogP contribution in [0, 0.1) is 0 Å². The summed E-state index contributed by atoms with van der Waals surface area (Å²) in [5.74, 6) is 0.706. The number of fused-ring (bicyclic) bond motifs is 1. The molecule has 0 unspecified atom stereocenters. The molecule has 0 saturated carbocycles. The van der Waals surface area contributed by atoms with Crippen LogP contribution in [0.1, 0.15) is 11.4 Å². The van der Waals surface area contributed by atoms with Gasteiger partial charge in [-0.05, 0) is 54.1 Å². The lowest BCUT2D eigenvalue weighted by Crippen LogP contribution is -2.09. The van der Waals surface area contributed by atoms with Gasteiger partial charge in [0.1, 0.15) is 0 Å². The third kappa shape index (κ3) is 4.21. The molecule has 0 aliphatic heterocycles. The van der Waals surface area contributed by atoms with Crippen molar-refractivity contribution in [3.8, 4) is 0 Å². The number of aromatic nitrogens is 2. The Balaban J connectivity index is 1.43. The van der Waals surface area contributed by atoms with Gasteiger partial charge in [0.2, 0.25) is 0 Å². The van der Waals surface area contributed by atoms with E-state index in [1.165, 1.54) is 0 Å². The Kier molecular flexibility index (Phi) is 5.23. The number of para-hydroxylation sites is 3. The number of anilines is 3. The van der Waals surface area contributed by atoms with E-state index in [9.17, 15) is 0 Å². The molecule has 0 amide bonds. The zero-order chi connectivity index (χ0) is 20.9. The maximum Gasteiger partial charge on any atom is 0.152 e. The fourth-order valence-electron chi connectivity index (χ4n) is 3.57. The van der Waals surface area contributed by atoms with Crippen LogP contribution in [-0.2, 0) is 0 Å². The number of benzene rings is 4. The van der Waals surface area contributed by atoms with Crippen molar-refractivity contribution in [1.29, 1.82) is 0 Å². The Labute approximate surface area is 182 Å². The first-order valence-corrected chi connectivity index (χ1v) is 10.3. The van der Waals surface area contributed by atoms with Gasteiger partial charge in [0.15, 0.2) is 5.82 Å². The second-order valence-corrected chi connectivity index (χ2v) is 7.22. The molecule has 0 aliphatic carbocycles. The lowest BCUT2D eigenvalue weighted by molar-refractivity contribution is 1.19. The molecule has 0 aliphatic rings.